The van der Waals surface area contributed by atoms with Gasteiger partial charge in [0.25, 0.3) is 5.91 Å². The second-order valence-electron chi connectivity index (χ2n) is 6.19. The number of nitrogens with zero attached hydrogens (tertiary/aromatic N) is 1. The largest absolute Gasteiger partial charge is 0.467 e. The number of likely N-dealkylation sites (N-methyl/N-ethyl adjacent to an activating group) is 1. The van der Waals surface area contributed by atoms with Crippen LogP contribution in [-0.2, 0) is 20.9 Å². The number of rotatable bonds is 7. The quantitative estimate of drug-likeness (QED) is 0.602. The van der Waals surface area contributed by atoms with E-state index >= 15 is 0 Å². The van der Waals surface area contributed by atoms with E-state index in [4.69, 9.17) is 9.15 Å². The van der Waals surface area contributed by atoms with E-state index in [1.54, 1.807) is 25.4 Å². The van der Waals surface area contributed by atoms with Gasteiger partial charge in [-0.15, -0.1) is 0 Å². The molecule has 0 atom stereocenters. The van der Waals surface area contributed by atoms with Crippen LogP contribution in [0.5, 0.6) is 0 Å². The zero-order valence-electron chi connectivity index (χ0n) is 15.1. The van der Waals surface area contributed by atoms with Gasteiger partial charge in [-0.1, -0.05) is 60.7 Å². The maximum atomic E-state index is 12.8. The first-order valence-electron chi connectivity index (χ1n) is 8.68. The van der Waals surface area contributed by atoms with E-state index in [0.717, 1.165) is 11.1 Å². The van der Waals surface area contributed by atoms with Crippen molar-refractivity contribution >= 4 is 11.9 Å². The van der Waals surface area contributed by atoms with E-state index in [1.165, 1.54) is 4.90 Å². The van der Waals surface area contributed by atoms with E-state index in [1.807, 2.05) is 60.7 Å². The van der Waals surface area contributed by atoms with E-state index < -0.39 is 11.9 Å². The zero-order valence-corrected chi connectivity index (χ0v) is 15.1. The summed E-state index contributed by atoms with van der Waals surface area (Å²) in [5.41, 5.74) is 1.65. The van der Waals surface area contributed by atoms with E-state index in [-0.39, 0.29) is 12.5 Å². The predicted molar refractivity (Wildman–Crippen MR) is 101 cm³/mol. The molecule has 0 radical (unpaired) electrons. The second-order valence-corrected chi connectivity index (χ2v) is 6.19. The van der Waals surface area contributed by atoms with Crippen molar-refractivity contribution in [1.29, 1.82) is 0 Å². The summed E-state index contributed by atoms with van der Waals surface area (Å²) in [6, 6.07) is 22.4. The number of carbonyl (C=O) groups excluding carboxylic acids is 2. The predicted octanol–water partition coefficient (Wildman–Crippen LogP) is 3.61. The monoisotopic (exact) mass is 363 g/mol. The summed E-state index contributed by atoms with van der Waals surface area (Å²) in [5.74, 6) is -0.647. The van der Waals surface area contributed by atoms with Crippen molar-refractivity contribution in [2.75, 3.05) is 13.7 Å². The third-order valence-corrected chi connectivity index (χ3v) is 4.24. The minimum absolute atomic E-state index is 0.292. The smallest absolute Gasteiger partial charge is 0.318 e. The summed E-state index contributed by atoms with van der Waals surface area (Å²) in [6.07, 6.45) is 1.55. The van der Waals surface area contributed by atoms with Gasteiger partial charge in [0.15, 0.2) is 6.61 Å². The highest BCUT2D eigenvalue weighted by molar-refractivity contribution is 5.85. The fourth-order valence-electron chi connectivity index (χ4n) is 2.81. The average molecular weight is 363 g/mol. The molecule has 2 aromatic carbocycles. The molecule has 0 aliphatic carbocycles. The first kappa shape index (κ1) is 18.5. The van der Waals surface area contributed by atoms with Gasteiger partial charge in [0, 0.05) is 7.05 Å². The number of ether oxygens (including phenoxy) is 1. The van der Waals surface area contributed by atoms with Gasteiger partial charge in [0.2, 0.25) is 0 Å². The first-order valence-corrected chi connectivity index (χ1v) is 8.68. The molecule has 1 aromatic heterocycles. The standard InChI is InChI=1S/C22H21NO4/c1-23(15-19-13-8-14-26-19)20(24)16-27-22(25)21(17-9-4-2-5-10-17)18-11-6-3-7-12-18/h2-14,21H,15-16H2,1H3. The minimum Gasteiger partial charge on any atom is -0.467 e. The molecule has 0 aliphatic heterocycles. The lowest BCUT2D eigenvalue weighted by molar-refractivity contribution is -0.152. The molecule has 0 saturated carbocycles. The molecule has 27 heavy (non-hydrogen) atoms. The summed E-state index contributed by atoms with van der Waals surface area (Å²) in [5, 5.41) is 0. The molecule has 0 aliphatic rings. The average Bonchev–Trinajstić information content (AvgIpc) is 3.21. The van der Waals surface area contributed by atoms with E-state index in [0.29, 0.717) is 12.3 Å². The topological polar surface area (TPSA) is 59.8 Å². The Bertz CT molecular complexity index is 820. The Balaban J connectivity index is 1.67. The van der Waals surface area contributed by atoms with Crippen molar-refractivity contribution in [3.63, 3.8) is 0 Å². The third kappa shape index (κ3) is 4.85. The van der Waals surface area contributed by atoms with Crippen molar-refractivity contribution in [3.8, 4) is 0 Å². The first-order chi connectivity index (χ1) is 13.1. The summed E-state index contributed by atoms with van der Waals surface area (Å²) < 4.78 is 10.6. The number of benzene rings is 2. The lowest BCUT2D eigenvalue weighted by Gasteiger charge is -2.19. The maximum absolute atomic E-state index is 12.8. The summed E-state index contributed by atoms with van der Waals surface area (Å²) in [6.45, 7) is 0.0103. The van der Waals surface area contributed by atoms with Crippen LogP contribution in [-0.4, -0.2) is 30.4 Å². The highest BCUT2D eigenvalue weighted by Crippen LogP contribution is 2.25. The Morgan fingerprint density at radius 3 is 2.04 bits per heavy atom. The number of hydrogen-bond acceptors (Lipinski definition) is 4. The van der Waals surface area contributed by atoms with Crippen LogP contribution in [0.3, 0.4) is 0 Å². The fourth-order valence-corrected chi connectivity index (χ4v) is 2.81. The maximum Gasteiger partial charge on any atom is 0.318 e. The highest BCUT2D eigenvalue weighted by Gasteiger charge is 2.25. The summed E-state index contributed by atoms with van der Waals surface area (Å²) >= 11 is 0. The molecule has 5 nitrogen and oxygen atoms in total. The Hall–Kier alpha value is -3.34. The lowest BCUT2D eigenvalue weighted by Crippen LogP contribution is -2.31. The lowest BCUT2D eigenvalue weighted by atomic mass is 9.91. The number of furan rings is 1. The third-order valence-electron chi connectivity index (χ3n) is 4.24. The van der Waals surface area contributed by atoms with Gasteiger partial charge >= 0.3 is 5.97 Å². The van der Waals surface area contributed by atoms with Crippen LogP contribution >= 0.6 is 0 Å². The minimum atomic E-state index is -0.574. The number of carbonyl (C=O) groups is 2. The highest BCUT2D eigenvalue weighted by atomic mass is 16.5. The SMILES string of the molecule is CN(Cc1ccco1)C(=O)COC(=O)C(c1ccccc1)c1ccccc1. The molecule has 0 saturated heterocycles. The van der Waals surface area contributed by atoms with Gasteiger partial charge in [0.05, 0.1) is 12.8 Å². The van der Waals surface area contributed by atoms with Crippen molar-refractivity contribution in [1.82, 2.24) is 4.90 Å². The zero-order chi connectivity index (χ0) is 19.1. The molecule has 0 unspecified atom stereocenters. The summed E-state index contributed by atoms with van der Waals surface area (Å²) in [7, 11) is 1.64. The normalized spacial score (nSPS) is 10.6. The molecule has 0 N–H and O–H groups in total. The van der Waals surface area contributed by atoms with E-state index in [9.17, 15) is 9.59 Å². The van der Waals surface area contributed by atoms with Gasteiger partial charge in [0.1, 0.15) is 11.7 Å². The molecule has 1 amide bonds. The molecule has 3 rings (SSSR count). The van der Waals surface area contributed by atoms with Gasteiger partial charge in [-0.05, 0) is 23.3 Å². The van der Waals surface area contributed by atoms with Crippen LogP contribution in [0.4, 0.5) is 0 Å². The molecule has 138 valence electrons. The molecule has 1 heterocycles. The van der Waals surface area contributed by atoms with Crippen molar-refractivity contribution in [2.24, 2.45) is 0 Å². The molecule has 3 aromatic rings. The Morgan fingerprint density at radius 2 is 1.52 bits per heavy atom. The molecule has 0 spiro atoms. The Kier molecular flexibility index (Phi) is 6.05. The van der Waals surface area contributed by atoms with Crippen LogP contribution in [0, 0.1) is 0 Å². The van der Waals surface area contributed by atoms with Crippen LogP contribution in [0.2, 0.25) is 0 Å². The van der Waals surface area contributed by atoms with Crippen LogP contribution in [0.25, 0.3) is 0 Å². The van der Waals surface area contributed by atoms with Crippen molar-refractivity contribution in [2.45, 2.75) is 12.5 Å². The van der Waals surface area contributed by atoms with Crippen LogP contribution < -0.4 is 0 Å². The molecule has 0 bridgehead atoms. The van der Waals surface area contributed by atoms with Crippen molar-refractivity contribution in [3.05, 3.63) is 95.9 Å². The Morgan fingerprint density at radius 1 is 0.926 bits per heavy atom. The second kappa shape index (κ2) is 8.85. The number of hydrogen-bond donors (Lipinski definition) is 0. The number of esters is 1. The van der Waals surface area contributed by atoms with Crippen LogP contribution in [0.1, 0.15) is 22.8 Å². The van der Waals surface area contributed by atoms with Crippen LogP contribution in [0.15, 0.2) is 83.5 Å². The van der Waals surface area contributed by atoms with Gasteiger partial charge in [-0.25, -0.2) is 0 Å². The molecule has 5 heteroatoms. The number of amides is 1. The van der Waals surface area contributed by atoms with Crippen molar-refractivity contribution < 1.29 is 18.7 Å². The van der Waals surface area contributed by atoms with Gasteiger partial charge in [-0.2, -0.15) is 0 Å². The summed E-state index contributed by atoms with van der Waals surface area (Å²) in [4.78, 5) is 26.5. The molecule has 0 fully saturated rings. The van der Waals surface area contributed by atoms with E-state index in [2.05, 4.69) is 0 Å². The Labute approximate surface area is 158 Å². The van der Waals surface area contributed by atoms with Gasteiger partial charge < -0.3 is 14.1 Å². The molecular formula is C22H21NO4. The fraction of sp³-hybridized carbons (Fsp3) is 0.182. The van der Waals surface area contributed by atoms with Gasteiger partial charge in [-0.3, -0.25) is 9.59 Å². The molecular weight excluding hydrogens is 342 g/mol.